The molecular weight excluding hydrogens is 374 g/mol. The Morgan fingerprint density at radius 1 is 1.04 bits per heavy atom. The van der Waals surface area contributed by atoms with Gasteiger partial charge in [-0.25, -0.2) is 8.42 Å². The van der Waals surface area contributed by atoms with Crippen LogP contribution in [0.3, 0.4) is 0 Å². The first-order valence-electron chi connectivity index (χ1n) is 8.91. The van der Waals surface area contributed by atoms with Crippen LogP contribution in [0.5, 0.6) is 0 Å². The van der Waals surface area contributed by atoms with Crippen molar-refractivity contribution < 1.29 is 13.2 Å². The van der Waals surface area contributed by atoms with E-state index in [9.17, 15) is 13.2 Å². The molecule has 3 aromatic rings. The summed E-state index contributed by atoms with van der Waals surface area (Å²) in [5.41, 5.74) is 2.21. The third-order valence-corrected chi connectivity index (χ3v) is 5.82. The summed E-state index contributed by atoms with van der Waals surface area (Å²) in [6, 6.07) is 17.4. The molecule has 0 unspecified atom stereocenters. The Hall–Kier alpha value is -2.93. The molecule has 1 atom stereocenters. The molecule has 28 heavy (non-hydrogen) atoms. The number of rotatable bonds is 6. The second-order valence-corrected chi connectivity index (χ2v) is 8.62. The first-order valence-corrected chi connectivity index (χ1v) is 10.8. The number of aromatic nitrogens is 1. The number of carbonyl (C=O) groups is 1. The number of pyridine rings is 1. The van der Waals surface area contributed by atoms with E-state index in [0.29, 0.717) is 12.2 Å². The highest BCUT2D eigenvalue weighted by Crippen LogP contribution is 2.22. The van der Waals surface area contributed by atoms with Crippen LogP contribution in [-0.2, 0) is 21.4 Å². The van der Waals surface area contributed by atoms with Crippen LogP contribution in [0.2, 0.25) is 0 Å². The predicted molar refractivity (Wildman–Crippen MR) is 111 cm³/mol. The minimum atomic E-state index is -3.63. The second-order valence-electron chi connectivity index (χ2n) is 6.76. The lowest BCUT2D eigenvalue weighted by Crippen LogP contribution is -2.48. The highest BCUT2D eigenvalue weighted by Gasteiger charge is 2.31. The van der Waals surface area contributed by atoms with Gasteiger partial charge in [-0.15, -0.1) is 0 Å². The maximum absolute atomic E-state index is 13.0. The summed E-state index contributed by atoms with van der Waals surface area (Å²) < 4.78 is 25.9. The van der Waals surface area contributed by atoms with Gasteiger partial charge in [-0.2, -0.15) is 0 Å². The lowest BCUT2D eigenvalue weighted by Gasteiger charge is -2.31. The summed E-state index contributed by atoms with van der Waals surface area (Å²) in [6.07, 6.45) is 2.83. The number of para-hydroxylation sites is 2. The SMILES string of the molecule is C[C@H](C(=O)N(C)Cc1cccc2cccnc12)N(c1ccccc1)S(C)(=O)=O. The number of benzene rings is 2. The van der Waals surface area contributed by atoms with Gasteiger partial charge in [0.05, 0.1) is 17.5 Å². The summed E-state index contributed by atoms with van der Waals surface area (Å²) >= 11 is 0. The van der Waals surface area contributed by atoms with E-state index < -0.39 is 16.1 Å². The Morgan fingerprint density at radius 2 is 1.71 bits per heavy atom. The van der Waals surface area contributed by atoms with Gasteiger partial charge in [-0.3, -0.25) is 14.1 Å². The monoisotopic (exact) mass is 397 g/mol. The van der Waals surface area contributed by atoms with Gasteiger partial charge < -0.3 is 4.90 Å². The van der Waals surface area contributed by atoms with Crippen molar-refractivity contribution in [2.75, 3.05) is 17.6 Å². The Balaban J connectivity index is 1.87. The van der Waals surface area contributed by atoms with Crippen molar-refractivity contribution in [1.29, 1.82) is 0 Å². The first kappa shape index (κ1) is 19.8. The van der Waals surface area contributed by atoms with Crippen molar-refractivity contribution >= 4 is 32.5 Å². The van der Waals surface area contributed by atoms with E-state index in [1.807, 2.05) is 30.3 Å². The van der Waals surface area contributed by atoms with Gasteiger partial charge in [0.1, 0.15) is 6.04 Å². The fourth-order valence-corrected chi connectivity index (χ4v) is 4.49. The second kappa shape index (κ2) is 7.98. The molecule has 1 heterocycles. The molecule has 0 spiro atoms. The van der Waals surface area contributed by atoms with Crippen molar-refractivity contribution in [3.8, 4) is 0 Å². The number of nitrogens with zero attached hydrogens (tertiary/aromatic N) is 3. The van der Waals surface area contributed by atoms with Gasteiger partial charge in [0, 0.05) is 25.2 Å². The average Bonchev–Trinajstić information content (AvgIpc) is 2.67. The summed E-state index contributed by atoms with van der Waals surface area (Å²) in [5, 5.41) is 0.996. The zero-order valence-corrected chi connectivity index (χ0v) is 16.9. The molecule has 0 aliphatic carbocycles. The Bertz CT molecular complexity index is 1080. The topological polar surface area (TPSA) is 70.6 Å². The molecule has 6 nitrogen and oxygen atoms in total. The van der Waals surface area contributed by atoms with Crippen molar-refractivity contribution in [3.05, 3.63) is 72.4 Å². The quantitative estimate of drug-likeness (QED) is 0.641. The highest BCUT2D eigenvalue weighted by atomic mass is 32.2. The standard InChI is InChI=1S/C21H23N3O3S/c1-16(24(28(3,26)27)19-12-5-4-6-13-19)21(25)23(2)15-18-10-7-9-17-11-8-14-22-20(17)18/h4-14,16H,15H2,1-3H3/t16-/m1/s1. The fourth-order valence-electron chi connectivity index (χ4n) is 3.32. The van der Waals surface area contributed by atoms with Crippen LogP contribution in [0.15, 0.2) is 66.9 Å². The van der Waals surface area contributed by atoms with E-state index in [1.54, 1.807) is 50.5 Å². The van der Waals surface area contributed by atoms with Gasteiger partial charge in [-0.05, 0) is 30.7 Å². The van der Waals surface area contributed by atoms with Crippen LogP contribution in [0.25, 0.3) is 10.9 Å². The number of likely N-dealkylation sites (N-methyl/N-ethyl adjacent to an activating group) is 1. The van der Waals surface area contributed by atoms with E-state index in [4.69, 9.17) is 0 Å². The van der Waals surface area contributed by atoms with Gasteiger partial charge in [0.25, 0.3) is 0 Å². The predicted octanol–water partition coefficient (Wildman–Crippen LogP) is 3.05. The molecule has 1 amide bonds. The van der Waals surface area contributed by atoms with Crippen molar-refractivity contribution in [1.82, 2.24) is 9.88 Å². The maximum Gasteiger partial charge on any atom is 0.246 e. The van der Waals surface area contributed by atoms with Gasteiger partial charge >= 0.3 is 0 Å². The number of carbonyl (C=O) groups excluding carboxylic acids is 1. The number of anilines is 1. The van der Waals surface area contributed by atoms with Gasteiger partial charge in [-0.1, -0.05) is 42.5 Å². The highest BCUT2D eigenvalue weighted by molar-refractivity contribution is 7.92. The molecule has 0 bridgehead atoms. The van der Waals surface area contributed by atoms with Gasteiger partial charge in [0.15, 0.2) is 0 Å². The Labute approximate surface area is 165 Å². The summed E-state index contributed by atoms with van der Waals surface area (Å²) in [5.74, 6) is -0.290. The lowest BCUT2D eigenvalue weighted by molar-refractivity contribution is -0.131. The van der Waals surface area contributed by atoms with E-state index >= 15 is 0 Å². The molecule has 146 valence electrons. The van der Waals surface area contributed by atoms with Crippen LogP contribution in [0.4, 0.5) is 5.69 Å². The van der Waals surface area contributed by atoms with Crippen LogP contribution in [-0.4, -0.2) is 43.6 Å². The normalized spacial score (nSPS) is 12.5. The minimum Gasteiger partial charge on any atom is -0.340 e. The van der Waals surface area contributed by atoms with Gasteiger partial charge in [0.2, 0.25) is 15.9 Å². The maximum atomic E-state index is 13.0. The summed E-state index contributed by atoms with van der Waals surface area (Å²) in [4.78, 5) is 19.0. The van der Waals surface area contributed by atoms with E-state index in [-0.39, 0.29) is 5.91 Å². The van der Waals surface area contributed by atoms with E-state index in [0.717, 1.165) is 27.0 Å². The molecule has 2 aromatic carbocycles. The third kappa shape index (κ3) is 4.14. The average molecular weight is 398 g/mol. The minimum absolute atomic E-state index is 0.290. The molecule has 3 rings (SSSR count). The number of amides is 1. The summed E-state index contributed by atoms with van der Waals surface area (Å²) in [7, 11) is -1.96. The zero-order valence-electron chi connectivity index (χ0n) is 16.1. The molecule has 7 heteroatoms. The zero-order chi connectivity index (χ0) is 20.3. The number of sulfonamides is 1. The molecule has 0 aliphatic heterocycles. The van der Waals surface area contributed by atoms with Crippen molar-refractivity contribution in [3.63, 3.8) is 0 Å². The van der Waals surface area contributed by atoms with Crippen LogP contribution >= 0.6 is 0 Å². The van der Waals surface area contributed by atoms with E-state index in [2.05, 4.69) is 4.98 Å². The molecule has 0 aliphatic rings. The molecule has 0 radical (unpaired) electrons. The third-order valence-electron chi connectivity index (χ3n) is 4.58. The largest absolute Gasteiger partial charge is 0.340 e. The van der Waals surface area contributed by atoms with E-state index in [1.165, 1.54) is 4.90 Å². The summed E-state index contributed by atoms with van der Waals surface area (Å²) in [6.45, 7) is 1.94. The first-order chi connectivity index (χ1) is 13.3. The molecule has 1 aromatic heterocycles. The smallest absolute Gasteiger partial charge is 0.246 e. The lowest BCUT2D eigenvalue weighted by atomic mass is 10.1. The molecule has 0 saturated heterocycles. The van der Waals surface area contributed by atoms with Crippen molar-refractivity contribution in [2.24, 2.45) is 0 Å². The Kier molecular flexibility index (Phi) is 5.65. The number of hydrogen-bond donors (Lipinski definition) is 0. The fraction of sp³-hybridized carbons (Fsp3) is 0.238. The molecule has 0 fully saturated rings. The molecule has 0 N–H and O–H groups in total. The Morgan fingerprint density at radius 3 is 2.39 bits per heavy atom. The molecular formula is C21H23N3O3S. The van der Waals surface area contributed by atoms with Crippen molar-refractivity contribution in [2.45, 2.75) is 19.5 Å². The van der Waals surface area contributed by atoms with Crippen LogP contribution in [0.1, 0.15) is 12.5 Å². The number of fused-ring (bicyclic) bond motifs is 1. The van der Waals surface area contributed by atoms with Crippen LogP contribution in [0, 0.1) is 0 Å². The van der Waals surface area contributed by atoms with Crippen LogP contribution < -0.4 is 4.31 Å². The number of hydrogen-bond acceptors (Lipinski definition) is 4. The molecule has 0 saturated carbocycles.